The summed E-state index contributed by atoms with van der Waals surface area (Å²) >= 11 is 3.19. The van der Waals surface area contributed by atoms with E-state index in [0.29, 0.717) is 16.0 Å². The SMILES string of the molecule is COC(=O)c1ccc(COc2ccc(F)cc2Br)o1. The van der Waals surface area contributed by atoms with Crippen molar-refractivity contribution in [2.24, 2.45) is 0 Å². The van der Waals surface area contributed by atoms with E-state index in [1.165, 1.54) is 31.4 Å². The van der Waals surface area contributed by atoms with Crippen molar-refractivity contribution in [2.75, 3.05) is 7.11 Å². The highest BCUT2D eigenvalue weighted by Crippen LogP contribution is 2.26. The van der Waals surface area contributed by atoms with Crippen LogP contribution in [0.1, 0.15) is 16.3 Å². The first-order valence-electron chi connectivity index (χ1n) is 5.35. The molecule has 0 radical (unpaired) electrons. The lowest BCUT2D eigenvalue weighted by Crippen LogP contribution is -1.99. The quantitative estimate of drug-likeness (QED) is 0.805. The van der Waals surface area contributed by atoms with Crippen LogP contribution >= 0.6 is 15.9 Å². The van der Waals surface area contributed by atoms with Gasteiger partial charge in [-0.25, -0.2) is 9.18 Å². The van der Waals surface area contributed by atoms with Crippen LogP contribution in [-0.2, 0) is 11.3 Å². The molecule has 2 rings (SSSR count). The van der Waals surface area contributed by atoms with E-state index < -0.39 is 5.97 Å². The fourth-order valence-electron chi connectivity index (χ4n) is 1.41. The van der Waals surface area contributed by atoms with Gasteiger partial charge in [-0.2, -0.15) is 0 Å². The Morgan fingerprint density at radius 1 is 1.37 bits per heavy atom. The molecule has 4 nitrogen and oxygen atoms in total. The molecule has 0 aliphatic heterocycles. The van der Waals surface area contributed by atoms with E-state index in [-0.39, 0.29) is 18.2 Å². The zero-order chi connectivity index (χ0) is 13.8. The van der Waals surface area contributed by atoms with Crippen LogP contribution in [0.2, 0.25) is 0 Å². The third kappa shape index (κ3) is 3.35. The molecule has 100 valence electrons. The van der Waals surface area contributed by atoms with E-state index in [1.807, 2.05) is 0 Å². The van der Waals surface area contributed by atoms with Crippen molar-refractivity contribution in [1.82, 2.24) is 0 Å². The Bertz CT molecular complexity index is 594. The van der Waals surface area contributed by atoms with Gasteiger partial charge in [-0.3, -0.25) is 0 Å². The highest BCUT2D eigenvalue weighted by atomic mass is 79.9. The summed E-state index contributed by atoms with van der Waals surface area (Å²) in [6.07, 6.45) is 0. The Kier molecular flexibility index (Phi) is 4.21. The number of methoxy groups -OCH3 is 1. The van der Waals surface area contributed by atoms with Crippen LogP contribution in [-0.4, -0.2) is 13.1 Å². The Labute approximate surface area is 117 Å². The first-order chi connectivity index (χ1) is 9.10. The van der Waals surface area contributed by atoms with Gasteiger partial charge in [-0.15, -0.1) is 0 Å². The van der Waals surface area contributed by atoms with Crippen molar-refractivity contribution < 1.29 is 23.1 Å². The van der Waals surface area contributed by atoms with Gasteiger partial charge in [0.2, 0.25) is 5.76 Å². The van der Waals surface area contributed by atoms with Crippen LogP contribution in [0.5, 0.6) is 5.75 Å². The number of hydrogen-bond acceptors (Lipinski definition) is 4. The maximum atomic E-state index is 12.9. The zero-order valence-corrected chi connectivity index (χ0v) is 11.6. The van der Waals surface area contributed by atoms with Gasteiger partial charge in [0, 0.05) is 0 Å². The standard InChI is InChI=1S/C13H10BrFO4/c1-17-13(16)12-5-3-9(19-12)7-18-11-4-2-8(15)6-10(11)14/h2-6H,7H2,1H3. The molecule has 19 heavy (non-hydrogen) atoms. The predicted octanol–water partition coefficient (Wildman–Crippen LogP) is 3.55. The maximum Gasteiger partial charge on any atom is 0.373 e. The van der Waals surface area contributed by atoms with Crippen LogP contribution in [0.25, 0.3) is 0 Å². The fraction of sp³-hybridized carbons (Fsp3) is 0.154. The van der Waals surface area contributed by atoms with E-state index in [1.54, 1.807) is 6.07 Å². The monoisotopic (exact) mass is 328 g/mol. The molecule has 0 bridgehead atoms. The highest BCUT2D eigenvalue weighted by molar-refractivity contribution is 9.10. The molecule has 6 heteroatoms. The van der Waals surface area contributed by atoms with Gasteiger partial charge in [0.05, 0.1) is 11.6 Å². The molecule has 0 saturated heterocycles. The topological polar surface area (TPSA) is 48.7 Å². The Hall–Kier alpha value is -1.82. The number of furan rings is 1. The van der Waals surface area contributed by atoms with Gasteiger partial charge >= 0.3 is 5.97 Å². The minimum absolute atomic E-state index is 0.110. The summed E-state index contributed by atoms with van der Waals surface area (Å²) in [6, 6.07) is 7.22. The number of ether oxygens (including phenoxy) is 2. The van der Waals surface area contributed by atoms with Gasteiger partial charge in [0.25, 0.3) is 0 Å². The fourth-order valence-corrected chi connectivity index (χ4v) is 1.87. The first kappa shape index (κ1) is 13.6. The summed E-state index contributed by atoms with van der Waals surface area (Å²) in [4.78, 5) is 11.2. The van der Waals surface area contributed by atoms with Gasteiger partial charge < -0.3 is 13.9 Å². The van der Waals surface area contributed by atoms with Crippen molar-refractivity contribution >= 4 is 21.9 Å². The van der Waals surface area contributed by atoms with Gasteiger partial charge in [0.15, 0.2) is 0 Å². The molecule has 0 atom stereocenters. The highest BCUT2D eigenvalue weighted by Gasteiger charge is 2.11. The summed E-state index contributed by atoms with van der Waals surface area (Å²) in [5, 5.41) is 0. The molecule has 0 fully saturated rings. The minimum Gasteiger partial charge on any atom is -0.484 e. The number of benzene rings is 1. The molecule has 1 heterocycles. The van der Waals surface area contributed by atoms with E-state index in [2.05, 4.69) is 20.7 Å². The molecule has 0 N–H and O–H groups in total. The number of esters is 1. The average molecular weight is 329 g/mol. The molecule has 0 saturated carbocycles. The largest absolute Gasteiger partial charge is 0.484 e. The smallest absolute Gasteiger partial charge is 0.373 e. The van der Waals surface area contributed by atoms with Crippen molar-refractivity contribution in [2.45, 2.75) is 6.61 Å². The van der Waals surface area contributed by atoms with Crippen LogP contribution in [0.4, 0.5) is 4.39 Å². The summed E-state index contributed by atoms with van der Waals surface area (Å²) in [5.41, 5.74) is 0. The summed E-state index contributed by atoms with van der Waals surface area (Å²) in [5.74, 6) is 0.160. The zero-order valence-electron chi connectivity index (χ0n) is 9.98. The van der Waals surface area contributed by atoms with Crippen LogP contribution in [0, 0.1) is 5.82 Å². The third-order valence-corrected chi connectivity index (χ3v) is 2.93. The second-order valence-corrected chi connectivity index (χ2v) is 4.48. The van der Waals surface area contributed by atoms with Gasteiger partial charge in [-0.1, -0.05) is 0 Å². The minimum atomic E-state index is -0.547. The normalized spacial score (nSPS) is 10.3. The second kappa shape index (κ2) is 5.88. The van der Waals surface area contributed by atoms with E-state index >= 15 is 0 Å². The molecule has 0 aliphatic carbocycles. The maximum absolute atomic E-state index is 12.9. The summed E-state index contributed by atoms with van der Waals surface area (Å²) in [7, 11) is 1.27. The first-order valence-corrected chi connectivity index (χ1v) is 6.14. The molecule has 0 spiro atoms. The molecular weight excluding hydrogens is 319 g/mol. The Balaban J connectivity index is 2.02. The molecule has 1 aromatic heterocycles. The number of hydrogen-bond donors (Lipinski definition) is 0. The van der Waals surface area contributed by atoms with E-state index in [0.717, 1.165) is 0 Å². The predicted molar refractivity (Wildman–Crippen MR) is 68.5 cm³/mol. The van der Waals surface area contributed by atoms with Gasteiger partial charge in [0.1, 0.15) is 23.9 Å². The molecule has 0 aliphatic rings. The van der Waals surface area contributed by atoms with Crippen LogP contribution in [0.3, 0.4) is 0 Å². The van der Waals surface area contributed by atoms with Crippen molar-refractivity contribution in [3.63, 3.8) is 0 Å². The van der Waals surface area contributed by atoms with E-state index in [4.69, 9.17) is 9.15 Å². The van der Waals surface area contributed by atoms with Crippen molar-refractivity contribution in [3.8, 4) is 5.75 Å². The van der Waals surface area contributed by atoms with Crippen molar-refractivity contribution in [1.29, 1.82) is 0 Å². The molecule has 0 amide bonds. The van der Waals surface area contributed by atoms with Crippen LogP contribution < -0.4 is 4.74 Å². The molecule has 2 aromatic rings. The lowest BCUT2D eigenvalue weighted by Gasteiger charge is -2.06. The number of carbonyl (C=O) groups is 1. The number of carbonyl (C=O) groups excluding carboxylic acids is 1. The van der Waals surface area contributed by atoms with Gasteiger partial charge in [-0.05, 0) is 46.3 Å². The molecule has 0 unspecified atom stereocenters. The Morgan fingerprint density at radius 3 is 2.84 bits per heavy atom. The van der Waals surface area contributed by atoms with Crippen LogP contribution in [0.15, 0.2) is 39.2 Å². The third-order valence-electron chi connectivity index (χ3n) is 2.31. The molecule has 1 aromatic carbocycles. The Morgan fingerprint density at radius 2 is 2.16 bits per heavy atom. The number of rotatable bonds is 4. The lowest BCUT2D eigenvalue weighted by atomic mass is 10.3. The average Bonchev–Trinajstić information content (AvgIpc) is 2.85. The summed E-state index contributed by atoms with van der Waals surface area (Å²) < 4.78 is 28.6. The summed E-state index contributed by atoms with van der Waals surface area (Å²) in [6.45, 7) is 0.126. The van der Waals surface area contributed by atoms with E-state index in [9.17, 15) is 9.18 Å². The number of halogens is 2. The van der Waals surface area contributed by atoms with Crippen molar-refractivity contribution in [3.05, 3.63) is 52.1 Å². The molecular formula is C13H10BrFO4. The lowest BCUT2D eigenvalue weighted by molar-refractivity contribution is 0.0561. The second-order valence-electron chi connectivity index (χ2n) is 3.62.